The van der Waals surface area contributed by atoms with Crippen LogP contribution >= 0.6 is 15.9 Å². The Morgan fingerprint density at radius 1 is 1.22 bits per heavy atom. The van der Waals surface area contributed by atoms with Crippen LogP contribution in [0.4, 0.5) is 10.1 Å². The number of ether oxygens (including phenoxy) is 3. The number of nitrogens with zero attached hydrogens (tertiary/aromatic N) is 1. The van der Waals surface area contributed by atoms with Crippen LogP contribution < -0.4 is 14.2 Å². The molecule has 23 heavy (non-hydrogen) atoms. The molecule has 0 bridgehead atoms. The second-order valence-electron chi connectivity index (χ2n) is 4.75. The van der Waals surface area contributed by atoms with Gasteiger partial charge in [0.25, 0.3) is 0 Å². The van der Waals surface area contributed by atoms with Crippen molar-refractivity contribution in [3.63, 3.8) is 0 Å². The van der Waals surface area contributed by atoms with Crippen LogP contribution in [0.25, 0.3) is 0 Å². The predicted octanol–water partition coefficient (Wildman–Crippen LogP) is 3.85. The van der Waals surface area contributed by atoms with Gasteiger partial charge in [0.1, 0.15) is 25.6 Å². The smallest absolute Gasteiger partial charge is 0.311 e. The highest BCUT2D eigenvalue weighted by Crippen LogP contribution is 2.36. The second kappa shape index (κ2) is 6.41. The van der Waals surface area contributed by atoms with Crippen molar-refractivity contribution >= 4 is 21.6 Å². The van der Waals surface area contributed by atoms with Gasteiger partial charge in [-0.15, -0.1) is 0 Å². The molecule has 6 nitrogen and oxygen atoms in total. The fraction of sp³-hybridized carbons (Fsp3) is 0.200. The van der Waals surface area contributed by atoms with E-state index in [2.05, 4.69) is 15.9 Å². The van der Waals surface area contributed by atoms with E-state index in [1.165, 1.54) is 0 Å². The fourth-order valence-electron chi connectivity index (χ4n) is 2.13. The van der Waals surface area contributed by atoms with Crippen molar-refractivity contribution in [3.8, 4) is 17.2 Å². The van der Waals surface area contributed by atoms with Gasteiger partial charge in [0.2, 0.25) is 0 Å². The van der Waals surface area contributed by atoms with Gasteiger partial charge in [0.05, 0.1) is 4.92 Å². The van der Waals surface area contributed by atoms with Crippen molar-refractivity contribution in [1.29, 1.82) is 0 Å². The molecule has 0 saturated carbocycles. The van der Waals surface area contributed by atoms with Crippen molar-refractivity contribution in [3.05, 3.63) is 56.3 Å². The maximum atomic E-state index is 13.3. The van der Waals surface area contributed by atoms with Gasteiger partial charge in [-0.1, -0.05) is 15.9 Å². The number of halogens is 2. The molecule has 0 amide bonds. The monoisotopic (exact) mass is 383 g/mol. The van der Waals surface area contributed by atoms with Crippen LogP contribution in [0, 0.1) is 15.9 Å². The minimum atomic E-state index is -0.617. The lowest BCUT2D eigenvalue weighted by Crippen LogP contribution is -2.15. The first kappa shape index (κ1) is 15.5. The summed E-state index contributed by atoms with van der Waals surface area (Å²) >= 11 is 3.39. The highest BCUT2D eigenvalue weighted by atomic mass is 79.9. The highest BCUT2D eigenvalue weighted by molar-refractivity contribution is 9.10. The summed E-state index contributed by atoms with van der Waals surface area (Å²) in [4.78, 5) is 10.3. The molecule has 0 spiro atoms. The summed E-state index contributed by atoms with van der Waals surface area (Å²) in [6.07, 6.45) is 0. The first-order valence-corrected chi connectivity index (χ1v) is 7.48. The number of hydrogen-bond acceptors (Lipinski definition) is 5. The summed E-state index contributed by atoms with van der Waals surface area (Å²) in [5.41, 5.74) is 0.410. The zero-order chi connectivity index (χ0) is 16.4. The quantitative estimate of drug-likeness (QED) is 0.592. The Hall–Kier alpha value is -2.35. The molecule has 2 aromatic rings. The summed E-state index contributed by atoms with van der Waals surface area (Å²) in [6.45, 7) is 0.941. The summed E-state index contributed by atoms with van der Waals surface area (Å²) < 4.78 is 30.4. The van der Waals surface area contributed by atoms with E-state index in [1.807, 2.05) is 0 Å². The van der Waals surface area contributed by atoms with E-state index in [1.54, 1.807) is 12.1 Å². The molecule has 120 valence electrons. The van der Waals surface area contributed by atoms with Crippen LogP contribution in [-0.2, 0) is 6.61 Å². The van der Waals surface area contributed by atoms with Crippen molar-refractivity contribution in [2.75, 3.05) is 13.2 Å². The molecule has 0 radical (unpaired) electrons. The van der Waals surface area contributed by atoms with E-state index < -0.39 is 10.7 Å². The Labute approximate surface area is 139 Å². The maximum absolute atomic E-state index is 13.3. The van der Waals surface area contributed by atoms with Gasteiger partial charge < -0.3 is 14.2 Å². The van der Waals surface area contributed by atoms with Gasteiger partial charge in [0, 0.05) is 22.2 Å². The standard InChI is InChI=1S/C15H11BrFNO5/c16-11-7-15-14(21-3-4-22-15)5-9(11)8-23-13-6-10(17)1-2-12(13)18(19)20/h1-2,5-7H,3-4,8H2. The molecule has 2 aromatic carbocycles. The van der Waals surface area contributed by atoms with E-state index in [9.17, 15) is 14.5 Å². The first-order chi connectivity index (χ1) is 11.0. The Balaban J connectivity index is 1.84. The number of nitro benzene ring substituents is 1. The minimum Gasteiger partial charge on any atom is -0.486 e. The molecule has 0 N–H and O–H groups in total. The van der Waals surface area contributed by atoms with Gasteiger partial charge >= 0.3 is 5.69 Å². The van der Waals surface area contributed by atoms with Gasteiger partial charge in [-0.05, 0) is 18.2 Å². The lowest BCUT2D eigenvalue weighted by Gasteiger charge is -2.20. The Morgan fingerprint density at radius 2 is 1.91 bits per heavy atom. The van der Waals surface area contributed by atoms with Crippen LogP contribution in [0.5, 0.6) is 17.2 Å². The average molecular weight is 384 g/mol. The normalized spacial score (nSPS) is 12.8. The van der Waals surface area contributed by atoms with E-state index >= 15 is 0 Å². The second-order valence-corrected chi connectivity index (χ2v) is 5.60. The lowest BCUT2D eigenvalue weighted by atomic mass is 10.2. The number of rotatable bonds is 4. The molecule has 0 saturated heterocycles. The minimum absolute atomic E-state index is 0.0154. The molecule has 0 unspecified atom stereocenters. The largest absolute Gasteiger partial charge is 0.486 e. The topological polar surface area (TPSA) is 70.8 Å². The Bertz CT molecular complexity index is 768. The van der Waals surface area contributed by atoms with E-state index in [-0.39, 0.29) is 18.0 Å². The molecular formula is C15H11BrFNO5. The molecule has 1 heterocycles. The molecule has 0 aliphatic carbocycles. The molecule has 3 rings (SSSR count). The summed E-state index contributed by atoms with van der Waals surface area (Å²) in [5.74, 6) is 0.457. The third-order valence-electron chi connectivity index (χ3n) is 3.21. The predicted molar refractivity (Wildman–Crippen MR) is 82.5 cm³/mol. The van der Waals surface area contributed by atoms with Crippen LogP contribution in [0.1, 0.15) is 5.56 Å². The third kappa shape index (κ3) is 3.37. The first-order valence-electron chi connectivity index (χ1n) is 6.69. The third-order valence-corrected chi connectivity index (χ3v) is 3.95. The Kier molecular flexibility index (Phi) is 4.33. The molecule has 1 aliphatic rings. The van der Waals surface area contributed by atoms with Crippen molar-refractivity contribution in [2.24, 2.45) is 0 Å². The van der Waals surface area contributed by atoms with E-state index in [0.717, 1.165) is 18.2 Å². The highest BCUT2D eigenvalue weighted by Gasteiger charge is 2.18. The molecular weight excluding hydrogens is 373 g/mol. The van der Waals surface area contributed by atoms with Gasteiger partial charge in [-0.25, -0.2) is 4.39 Å². The fourth-order valence-corrected chi connectivity index (χ4v) is 2.56. The van der Waals surface area contributed by atoms with Crippen molar-refractivity contribution < 1.29 is 23.5 Å². The van der Waals surface area contributed by atoms with Crippen LogP contribution in [0.15, 0.2) is 34.8 Å². The maximum Gasteiger partial charge on any atom is 0.311 e. The number of hydrogen-bond donors (Lipinski definition) is 0. The molecule has 0 atom stereocenters. The van der Waals surface area contributed by atoms with Crippen molar-refractivity contribution in [2.45, 2.75) is 6.61 Å². The number of benzene rings is 2. The number of fused-ring (bicyclic) bond motifs is 1. The van der Waals surface area contributed by atoms with Crippen LogP contribution in [0.3, 0.4) is 0 Å². The van der Waals surface area contributed by atoms with Crippen molar-refractivity contribution in [1.82, 2.24) is 0 Å². The van der Waals surface area contributed by atoms with E-state index in [4.69, 9.17) is 14.2 Å². The molecule has 1 aliphatic heterocycles. The summed E-state index contributed by atoms with van der Waals surface area (Å²) in [6, 6.07) is 6.55. The molecule has 0 aromatic heterocycles. The van der Waals surface area contributed by atoms with Gasteiger partial charge in [0.15, 0.2) is 17.2 Å². The summed E-state index contributed by atoms with van der Waals surface area (Å²) in [7, 11) is 0. The zero-order valence-corrected chi connectivity index (χ0v) is 13.3. The molecule has 0 fully saturated rings. The van der Waals surface area contributed by atoms with Gasteiger partial charge in [-0.2, -0.15) is 0 Å². The molecule has 8 heteroatoms. The summed E-state index contributed by atoms with van der Waals surface area (Å²) in [5, 5.41) is 11.0. The van der Waals surface area contributed by atoms with E-state index in [0.29, 0.717) is 34.7 Å². The SMILES string of the molecule is O=[N+]([O-])c1ccc(F)cc1OCc1cc2c(cc1Br)OCCO2. The van der Waals surface area contributed by atoms with Crippen LogP contribution in [0.2, 0.25) is 0 Å². The van der Waals surface area contributed by atoms with Gasteiger partial charge in [-0.3, -0.25) is 10.1 Å². The lowest BCUT2D eigenvalue weighted by molar-refractivity contribution is -0.386. The average Bonchev–Trinajstić information content (AvgIpc) is 2.52. The van der Waals surface area contributed by atoms with Crippen LogP contribution in [-0.4, -0.2) is 18.1 Å². The zero-order valence-electron chi connectivity index (χ0n) is 11.8. The number of nitro groups is 1. The Morgan fingerprint density at radius 3 is 2.61 bits per heavy atom.